The van der Waals surface area contributed by atoms with E-state index in [0.29, 0.717) is 5.82 Å². The van der Waals surface area contributed by atoms with Crippen LogP contribution >= 0.6 is 0 Å². The van der Waals surface area contributed by atoms with Crippen molar-refractivity contribution in [2.24, 2.45) is 12.0 Å². The number of isocyanates is 1. The molecule has 60 valence electrons. The predicted octanol–water partition coefficient (Wildman–Crippen LogP) is 0.640. The van der Waals surface area contributed by atoms with Crippen LogP contribution in [0, 0.1) is 0 Å². The van der Waals surface area contributed by atoms with Gasteiger partial charge in [-0.25, -0.2) is 4.79 Å². The van der Waals surface area contributed by atoms with Crippen molar-refractivity contribution >= 4 is 17.7 Å². The van der Waals surface area contributed by atoms with Gasteiger partial charge in [0.2, 0.25) is 11.9 Å². The summed E-state index contributed by atoms with van der Waals surface area (Å²) < 4.78 is 3.62. The molecule has 0 saturated carbocycles. The monoisotopic (exact) mass is 162 g/mol. The van der Waals surface area contributed by atoms with Crippen molar-refractivity contribution in [3.8, 4) is 0 Å². The van der Waals surface area contributed by atoms with Crippen molar-refractivity contribution in [1.29, 1.82) is 0 Å². The number of aromatic nitrogens is 3. The number of imidazole rings is 2. The average Bonchev–Trinajstić information content (AvgIpc) is 2.55. The van der Waals surface area contributed by atoms with Crippen molar-refractivity contribution in [2.75, 3.05) is 0 Å². The Morgan fingerprint density at radius 2 is 2.42 bits per heavy atom. The van der Waals surface area contributed by atoms with E-state index in [0.717, 1.165) is 5.78 Å². The first-order valence-corrected chi connectivity index (χ1v) is 3.39. The van der Waals surface area contributed by atoms with E-state index >= 15 is 0 Å². The van der Waals surface area contributed by atoms with Crippen LogP contribution in [0.15, 0.2) is 23.6 Å². The Balaban J connectivity index is 2.70. The fraction of sp³-hybridized carbons (Fsp3) is 0.143. The Morgan fingerprint density at radius 1 is 1.58 bits per heavy atom. The van der Waals surface area contributed by atoms with Crippen LogP contribution in [0.5, 0.6) is 0 Å². The smallest absolute Gasteiger partial charge is 0.242 e. The first-order chi connectivity index (χ1) is 5.81. The zero-order valence-corrected chi connectivity index (χ0v) is 6.43. The van der Waals surface area contributed by atoms with E-state index in [1.807, 2.05) is 24.0 Å². The molecule has 0 radical (unpaired) electrons. The number of aryl methyl sites for hydroxylation is 1. The summed E-state index contributed by atoms with van der Waals surface area (Å²) in [4.78, 5) is 17.4. The lowest BCUT2D eigenvalue weighted by molar-refractivity contribution is 0.565. The van der Waals surface area contributed by atoms with Crippen LogP contribution in [-0.4, -0.2) is 20.0 Å². The van der Waals surface area contributed by atoms with Crippen LogP contribution < -0.4 is 0 Å². The van der Waals surface area contributed by atoms with E-state index in [-0.39, 0.29) is 0 Å². The van der Waals surface area contributed by atoms with Crippen LogP contribution in [0.2, 0.25) is 0 Å². The van der Waals surface area contributed by atoms with Gasteiger partial charge < -0.3 is 4.57 Å². The highest BCUT2D eigenvalue weighted by molar-refractivity contribution is 5.48. The molecule has 0 fully saturated rings. The first-order valence-electron chi connectivity index (χ1n) is 3.39. The van der Waals surface area contributed by atoms with E-state index in [4.69, 9.17) is 0 Å². The van der Waals surface area contributed by atoms with Crippen LogP contribution in [0.1, 0.15) is 0 Å². The molecule has 0 aliphatic heterocycles. The Labute approximate surface area is 68.0 Å². The molecule has 2 aromatic heterocycles. The minimum Gasteiger partial charge on any atom is -0.320 e. The number of carbonyl (C=O) groups excluding carboxylic acids is 1. The number of hydrogen-bond acceptors (Lipinski definition) is 3. The number of rotatable bonds is 1. The summed E-state index contributed by atoms with van der Waals surface area (Å²) >= 11 is 0. The second kappa shape index (κ2) is 2.32. The van der Waals surface area contributed by atoms with E-state index in [1.54, 1.807) is 10.6 Å². The number of fused-ring (bicyclic) bond motifs is 1. The maximum atomic E-state index is 9.91. The van der Waals surface area contributed by atoms with Crippen LogP contribution in [-0.2, 0) is 11.8 Å². The van der Waals surface area contributed by atoms with Gasteiger partial charge in [0, 0.05) is 19.4 Å². The zero-order valence-electron chi connectivity index (χ0n) is 6.43. The van der Waals surface area contributed by atoms with Gasteiger partial charge in [0.05, 0.1) is 6.20 Å². The molecule has 0 amide bonds. The SMILES string of the molecule is Cn1ccn2cc(N=C=O)nc12. The molecule has 5 heteroatoms. The maximum Gasteiger partial charge on any atom is 0.242 e. The maximum absolute atomic E-state index is 9.91. The third kappa shape index (κ3) is 0.844. The van der Waals surface area contributed by atoms with Crippen molar-refractivity contribution in [1.82, 2.24) is 14.0 Å². The van der Waals surface area contributed by atoms with Gasteiger partial charge in [0.25, 0.3) is 0 Å². The van der Waals surface area contributed by atoms with Crippen molar-refractivity contribution < 1.29 is 4.79 Å². The number of aliphatic imine (C=N–C) groups is 1. The number of hydrogen-bond donors (Lipinski definition) is 0. The Kier molecular flexibility index (Phi) is 1.32. The van der Waals surface area contributed by atoms with Crippen molar-refractivity contribution in [3.05, 3.63) is 18.6 Å². The molecule has 5 nitrogen and oxygen atoms in total. The Bertz CT molecular complexity index is 461. The second-order valence-electron chi connectivity index (χ2n) is 2.42. The first kappa shape index (κ1) is 6.82. The second-order valence-corrected chi connectivity index (χ2v) is 2.42. The van der Waals surface area contributed by atoms with Gasteiger partial charge in [-0.3, -0.25) is 4.40 Å². The Morgan fingerprint density at radius 3 is 3.08 bits per heavy atom. The molecule has 0 atom stereocenters. The third-order valence-corrected chi connectivity index (χ3v) is 1.63. The van der Waals surface area contributed by atoms with E-state index in [1.165, 1.54) is 6.08 Å². The quantitative estimate of drug-likeness (QED) is 0.456. The van der Waals surface area contributed by atoms with Gasteiger partial charge >= 0.3 is 0 Å². The van der Waals surface area contributed by atoms with E-state index < -0.39 is 0 Å². The fourth-order valence-corrected chi connectivity index (χ4v) is 1.08. The van der Waals surface area contributed by atoms with Gasteiger partial charge in [0.15, 0.2) is 5.82 Å². The third-order valence-electron chi connectivity index (χ3n) is 1.63. The molecule has 0 N–H and O–H groups in total. The zero-order chi connectivity index (χ0) is 8.55. The number of nitrogens with zero attached hydrogens (tertiary/aromatic N) is 4. The topological polar surface area (TPSA) is 51.7 Å². The van der Waals surface area contributed by atoms with Gasteiger partial charge in [-0.2, -0.15) is 4.98 Å². The van der Waals surface area contributed by atoms with Crippen LogP contribution in [0.25, 0.3) is 5.78 Å². The molecule has 0 saturated heterocycles. The summed E-state index contributed by atoms with van der Waals surface area (Å²) in [6.45, 7) is 0. The van der Waals surface area contributed by atoms with Crippen molar-refractivity contribution in [2.45, 2.75) is 0 Å². The fourth-order valence-electron chi connectivity index (χ4n) is 1.08. The van der Waals surface area contributed by atoms with Gasteiger partial charge in [-0.05, 0) is 0 Å². The molecular formula is C7H6N4O. The summed E-state index contributed by atoms with van der Waals surface area (Å²) in [6, 6.07) is 0. The van der Waals surface area contributed by atoms with E-state index in [2.05, 4.69) is 9.98 Å². The highest BCUT2D eigenvalue weighted by atomic mass is 16.1. The minimum absolute atomic E-state index is 0.385. The van der Waals surface area contributed by atoms with Gasteiger partial charge in [-0.1, -0.05) is 0 Å². The lowest BCUT2D eigenvalue weighted by atomic mass is 10.7. The normalized spacial score (nSPS) is 10.1. The minimum atomic E-state index is 0.385. The van der Waals surface area contributed by atoms with Crippen LogP contribution in [0.3, 0.4) is 0 Å². The molecule has 0 spiro atoms. The molecule has 12 heavy (non-hydrogen) atoms. The Hall–Kier alpha value is -1.87. The largest absolute Gasteiger partial charge is 0.320 e. The van der Waals surface area contributed by atoms with Gasteiger partial charge in [0.1, 0.15) is 0 Å². The van der Waals surface area contributed by atoms with Gasteiger partial charge in [-0.15, -0.1) is 4.99 Å². The summed E-state index contributed by atoms with van der Waals surface area (Å²) in [7, 11) is 1.87. The predicted molar refractivity (Wildman–Crippen MR) is 41.9 cm³/mol. The lowest BCUT2D eigenvalue weighted by Crippen LogP contribution is -1.85. The highest BCUT2D eigenvalue weighted by Crippen LogP contribution is 2.11. The summed E-state index contributed by atoms with van der Waals surface area (Å²) in [5, 5.41) is 0. The molecule has 0 bridgehead atoms. The molecule has 0 aliphatic carbocycles. The molecule has 0 aliphatic rings. The molecule has 2 rings (SSSR count). The van der Waals surface area contributed by atoms with E-state index in [9.17, 15) is 4.79 Å². The molecule has 0 aromatic carbocycles. The highest BCUT2D eigenvalue weighted by Gasteiger charge is 2.01. The molecule has 2 aromatic rings. The summed E-state index contributed by atoms with van der Waals surface area (Å²) in [5.74, 6) is 1.14. The summed E-state index contributed by atoms with van der Waals surface area (Å²) in [6.07, 6.45) is 6.82. The molecule has 0 unspecified atom stereocenters. The van der Waals surface area contributed by atoms with Crippen molar-refractivity contribution in [3.63, 3.8) is 0 Å². The summed E-state index contributed by atoms with van der Waals surface area (Å²) in [5.41, 5.74) is 0. The molecule has 2 heterocycles. The molecular weight excluding hydrogens is 156 g/mol. The lowest BCUT2D eigenvalue weighted by Gasteiger charge is -1.85. The average molecular weight is 162 g/mol. The van der Waals surface area contributed by atoms with Crippen LogP contribution in [0.4, 0.5) is 5.82 Å². The standard InChI is InChI=1S/C7H6N4O/c1-10-2-3-11-4-6(8-5-12)9-7(10)11/h2-4H,1H3.